The van der Waals surface area contributed by atoms with Gasteiger partial charge in [0.25, 0.3) is 0 Å². The molecule has 2 aliphatic rings. The number of nitrogens with zero attached hydrogens (tertiary/aromatic N) is 2. The lowest BCUT2D eigenvalue weighted by Gasteiger charge is -2.30. The van der Waals surface area contributed by atoms with E-state index in [0.29, 0.717) is 0 Å². The molecule has 2 rings (SSSR count). The van der Waals surface area contributed by atoms with E-state index >= 15 is 0 Å². The second kappa shape index (κ2) is 4.78. The van der Waals surface area contributed by atoms with Crippen LogP contribution < -0.4 is 11.5 Å². The van der Waals surface area contributed by atoms with Gasteiger partial charge in [0.1, 0.15) is 24.5 Å². The van der Waals surface area contributed by atoms with Crippen LogP contribution in [0.2, 0.25) is 0 Å². The van der Waals surface area contributed by atoms with Gasteiger partial charge in [-0.25, -0.2) is 0 Å². The van der Waals surface area contributed by atoms with Gasteiger partial charge in [0.2, 0.25) is 5.91 Å². The van der Waals surface area contributed by atoms with Crippen LogP contribution >= 0.6 is 0 Å². The Morgan fingerprint density at radius 2 is 2.11 bits per heavy atom. The zero-order valence-corrected chi connectivity index (χ0v) is 9.46. The van der Waals surface area contributed by atoms with E-state index in [1.165, 1.54) is 11.2 Å². The van der Waals surface area contributed by atoms with Crippen molar-refractivity contribution < 1.29 is 24.9 Å². The van der Waals surface area contributed by atoms with Crippen molar-refractivity contribution in [2.45, 2.75) is 36.7 Å². The maximum absolute atomic E-state index is 11.0. The van der Waals surface area contributed by atoms with E-state index in [4.69, 9.17) is 21.3 Å². The topological polar surface area (TPSA) is 155 Å². The van der Waals surface area contributed by atoms with Gasteiger partial charge in [0.15, 0.2) is 12.3 Å². The molecule has 9 nitrogen and oxygen atoms in total. The van der Waals surface area contributed by atoms with E-state index in [1.807, 2.05) is 0 Å². The minimum absolute atomic E-state index is 0.436. The van der Waals surface area contributed by atoms with Crippen LogP contribution in [0.3, 0.4) is 0 Å². The van der Waals surface area contributed by atoms with Gasteiger partial charge in [-0.2, -0.15) is 0 Å². The van der Waals surface area contributed by atoms with Gasteiger partial charge in [-0.1, -0.05) is 0 Å². The highest BCUT2D eigenvalue weighted by atomic mass is 16.6. The molecule has 6 atom stereocenters. The Balaban J connectivity index is 2.10. The molecule has 1 saturated heterocycles. The molecule has 0 aromatic rings. The Morgan fingerprint density at radius 1 is 1.44 bits per heavy atom. The normalized spacial score (nSPS) is 43.7. The molecule has 3 unspecified atom stereocenters. The summed E-state index contributed by atoms with van der Waals surface area (Å²) >= 11 is 0. The molecule has 9 heteroatoms. The van der Waals surface area contributed by atoms with Crippen LogP contribution in [0.5, 0.6) is 0 Å². The van der Waals surface area contributed by atoms with Gasteiger partial charge < -0.3 is 36.4 Å². The van der Waals surface area contributed by atoms with Gasteiger partial charge >= 0.3 is 0 Å². The summed E-state index contributed by atoms with van der Waals surface area (Å²) in [4.78, 5) is 16.2. The molecule has 2 heterocycles. The van der Waals surface area contributed by atoms with E-state index in [2.05, 4.69) is 4.99 Å². The number of primary amides is 1. The molecule has 0 spiro atoms. The Morgan fingerprint density at radius 3 is 2.56 bits per heavy atom. The van der Waals surface area contributed by atoms with Gasteiger partial charge in [-0.15, -0.1) is 0 Å². The molecular weight excluding hydrogens is 244 g/mol. The molecule has 102 valence electrons. The summed E-state index contributed by atoms with van der Waals surface area (Å²) in [5.74, 6) is -0.687. The monoisotopic (exact) mass is 260 g/mol. The third-order valence-electron chi connectivity index (χ3n) is 3.13. The number of amides is 1. The van der Waals surface area contributed by atoms with Crippen molar-refractivity contribution in [1.82, 2.24) is 4.90 Å². The number of nitrogens with two attached hydrogens (primary N) is 2. The average molecular weight is 260 g/mol. The molecule has 7 N–H and O–H groups in total. The highest BCUT2D eigenvalue weighted by Gasteiger charge is 2.48. The molecule has 0 aliphatic carbocycles. The van der Waals surface area contributed by atoms with Crippen molar-refractivity contribution >= 4 is 12.2 Å². The van der Waals surface area contributed by atoms with Gasteiger partial charge in [-0.05, 0) is 0 Å². The lowest BCUT2D eigenvalue weighted by molar-refractivity contribution is -0.121. The molecule has 1 amide bonds. The van der Waals surface area contributed by atoms with Crippen molar-refractivity contribution in [3.8, 4) is 0 Å². The van der Waals surface area contributed by atoms with Crippen LogP contribution in [0.1, 0.15) is 0 Å². The predicted octanol–water partition coefficient (Wildman–Crippen LogP) is -4.09. The number of aliphatic hydroxyl groups excluding tert-OH is 3. The first kappa shape index (κ1) is 13.2. The summed E-state index contributed by atoms with van der Waals surface area (Å²) in [5.41, 5.74) is 10.9. The summed E-state index contributed by atoms with van der Waals surface area (Å²) in [5, 5.41) is 28.4. The molecular formula is C9H16N4O5. The van der Waals surface area contributed by atoms with Crippen LogP contribution in [0.15, 0.2) is 4.99 Å². The Bertz CT molecular complexity index is 365. The molecule has 0 aromatic carbocycles. The van der Waals surface area contributed by atoms with Crippen molar-refractivity contribution in [3.05, 3.63) is 0 Å². The lowest BCUT2D eigenvalue weighted by atomic mass is 10.1. The van der Waals surface area contributed by atoms with Crippen LogP contribution in [-0.2, 0) is 9.53 Å². The van der Waals surface area contributed by atoms with E-state index < -0.39 is 49.3 Å². The Labute approximate surface area is 103 Å². The summed E-state index contributed by atoms with van der Waals surface area (Å²) in [6, 6.07) is -0.925. The quantitative estimate of drug-likeness (QED) is 0.345. The predicted molar refractivity (Wildman–Crippen MR) is 59.0 cm³/mol. The first-order valence-corrected chi connectivity index (χ1v) is 5.45. The van der Waals surface area contributed by atoms with Crippen LogP contribution in [-0.4, -0.2) is 75.8 Å². The van der Waals surface area contributed by atoms with Crippen molar-refractivity contribution in [2.75, 3.05) is 6.61 Å². The first-order valence-electron chi connectivity index (χ1n) is 5.45. The summed E-state index contributed by atoms with van der Waals surface area (Å²) in [6.07, 6.45) is -3.98. The number of carbonyl (C=O) groups excluding carboxylic acids is 1. The largest absolute Gasteiger partial charge is 0.394 e. The third kappa shape index (κ3) is 1.95. The second-order valence-corrected chi connectivity index (χ2v) is 4.28. The number of carbonyl (C=O) groups is 1. The second-order valence-electron chi connectivity index (χ2n) is 4.28. The van der Waals surface area contributed by atoms with Crippen molar-refractivity contribution in [1.29, 1.82) is 0 Å². The van der Waals surface area contributed by atoms with Gasteiger partial charge in [-0.3, -0.25) is 9.79 Å². The Kier molecular flexibility index (Phi) is 3.50. The lowest BCUT2D eigenvalue weighted by Crippen LogP contribution is -2.55. The number of hydrogen-bond donors (Lipinski definition) is 5. The average Bonchev–Trinajstić information content (AvgIpc) is 2.82. The number of aliphatic hydroxyl groups is 3. The van der Waals surface area contributed by atoms with Crippen molar-refractivity contribution in [3.63, 3.8) is 0 Å². The summed E-state index contributed by atoms with van der Waals surface area (Å²) in [7, 11) is 0. The zero-order chi connectivity index (χ0) is 13.4. The molecule has 2 aliphatic heterocycles. The van der Waals surface area contributed by atoms with Crippen LogP contribution in [0.4, 0.5) is 0 Å². The number of ether oxygens (including phenoxy) is 1. The van der Waals surface area contributed by atoms with Gasteiger partial charge in [0, 0.05) is 0 Å². The number of rotatable bonds is 3. The van der Waals surface area contributed by atoms with Crippen LogP contribution in [0.25, 0.3) is 0 Å². The van der Waals surface area contributed by atoms with E-state index in [-0.39, 0.29) is 0 Å². The fourth-order valence-corrected chi connectivity index (χ4v) is 2.08. The standard InChI is InChI=1S/C9H16N4O5/c10-7-4(8(11)17)12-2-13(7)9-6(16)5(15)3(1-14)18-9/h2-7,9,14-16H,1,10H2,(H2,11,17)/t3-,4?,5-,6-,7?,9?/m1/s1. The highest BCUT2D eigenvalue weighted by molar-refractivity contribution is 5.84. The number of hydrogen-bond acceptors (Lipinski definition) is 8. The van der Waals surface area contributed by atoms with Crippen LogP contribution in [0, 0.1) is 0 Å². The molecule has 0 aromatic heterocycles. The molecule has 18 heavy (non-hydrogen) atoms. The van der Waals surface area contributed by atoms with E-state index in [0.717, 1.165) is 0 Å². The first-order chi connectivity index (χ1) is 8.47. The minimum Gasteiger partial charge on any atom is -0.394 e. The maximum atomic E-state index is 11.0. The smallest absolute Gasteiger partial charge is 0.245 e. The fourth-order valence-electron chi connectivity index (χ4n) is 2.08. The van der Waals surface area contributed by atoms with E-state index in [9.17, 15) is 15.0 Å². The highest BCUT2D eigenvalue weighted by Crippen LogP contribution is 2.26. The molecule has 0 bridgehead atoms. The number of aliphatic imine (C=N–C) groups is 1. The minimum atomic E-state index is -1.26. The molecule has 0 saturated carbocycles. The van der Waals surface area contributed by atoms with Gasteiger partial charge in [0.05, 0.1) is 12.9 Å². The van der Waals surface area contributed by atoms with E-state index in [1.54, 1.807) is 0 Å². The summed E-state index contributed by atoms with van der Waals surface area (Å²) in [6.45, 7) is -0.436. The maximum Gasteiger partial charge on any atom is 0.245 e. The molecule has 0 radical (unpaired) electrons. The zero-order valence-electron chi connectivity index (χ0n) is 9.46. The fraction of sp³-hybridized carbons (Fsp3) is 0.778. The SMILES string of the molecule is NC(=O)C1N=CN(C2O[C@H](CO)[C@@H](O)[C@H]2O)C1N. The summed E-state index contributed by atoms with van der Waals surface area (Å²) < 4.78 is 5.27. The molecule has 1 fully saturated rings. The third-order valence-corrected chi connectivity index (χ3v) is 3.13. The Hall–Kier alpha value is -1.26. The van der Waals surface area contributed by atoms with Crippen molar-refractivity contribution in [2.24, 2.45) is 16.5 Å².